The summed E-state index contributed by atoms with van der Waals surface area (Å²) in [4.78, 5) is 0. The molecule has 2 rings (SSSR count). The highest BCUT2D eigenvalue weighted by molar-refractivity contribution is 9.10. The minimum atomic E-state index is -0.202. The van der Waals surface area contributed by atoms with Crippen LogP contribution in [0.5, 0.6) is 5.75 Å². The lowest BCUT2D eigenvalue weighted by molar-refractivity contribution is 0.339. The molecule has 0 fully saturated rings. The zero-order chi connectivity index (χ0) is 15.4. The van der Waals surface area contributed by atoms with E-state index in [0.717, 1.165) is 15.7 Å². The van der Waals surface area contributed by atoms with Crippen molar-refractivity contribution in [1.29, 1.82) is 0 Å². The van der Waals surface area contributed by atoms with Crippen LogP contribution in [0.4, 0.5) is 10.1 Å². The van der Waals surface area contributed by atoms with Gasteiger partial charge in [-0.3, -0.25) is 0 Å². The second kappa shape index (κ2) is 7.14. The second-order valence-corrected chi connectivity index (χ2v) is 5.93. The maximum Gasteiger partial charge on any atom is 0.156 e. The Labute approximate surface area is 137 Å². The SMILES string of the molecule is CCOc1c(Br)cc(Cl)cc1NCc1ccc(C)c(F)c1. The van der Waals surface area contributed by atoms with Crippen LogP contribution in [0.3, 0.4) is 0 Å². The van der Waals surface area contributed by atoms with Gasteiger partial charge in [-0.15, -0.1) is 0 Å². The molecule has 0 aliphatic rings. The quantitative estimate of drug-likeness (QED) is 0.742. The number of hydrogen-bond donors (Lipinski definition) is 1. The summed E-state index contributed by atoms with van der Waals surface area (Å²) in [6.07, 6.45) is 0. The van der Waals surface area contributed by atoms with Crippen molar-refractivity contribution in [3.05, 3.63) is 56.8 Å². The summed E-state index contributed by atoms with van der Waals surface area (Å²) in [7, 11) is 0. The maximum atomic E-state index is 13.6. The zero-order valence-electron chi connectivity index (χ0n) is 11.8. The molecule has 0 saturated heterocycles. The molecule has 1 N–H and O–H groups in total. The van der Waals surface area contributed by atoms with Gasteiger partial charge < -0.3 is 10.1 Å². The molecule has 2 nitrogen and oxygen atoms in total. The third-order valence-corrected chi connectivity index (χ3v) is 3.82. The number of rotatable bonds is 5. The largest absolute Gasteiger partial charge is 0.491 e. The first-order valence-electron chi connectivity index (χ1n) is 6.62. The van der Waals surface area contributed by atoms with Gasteiger partial charge in [-0.2, -0.15) is 0 Å². The molecule has 0 aliphatic heterocycles. The smallest absolute Gasteiger partial charge is 0.156 e. The number of ether oxygens (including phenoxy) is 1. The van der Waals surface area contributed by atoms with Crippen LogP contribution < -0.4 is 10.1 Å². The Morgan fingerprint density at radius 3 is 2.71 bits per heavy atom. The van der Waals surface area contributed by atoms with E-state index in [1.807, 2.05) is 13.0 Å². The Balaban J connectivity index is 2.20. The van der Waals surface area contributed by atoms with Gasteiger partial charge in [0.15, 0.2) is 5.75 Å². The molecule has 0 heterocycles. The number of nitrogens with one attached hydrogen (secondary N) is 1. The van der Waals surface area contributed by atoms with Gasteiger partial charge in [-0.05, 0) is 59.1 Å². The molecule has 5 heteroatoms. The van der Waals surface area contributed by atoms with E-state index in [-0.39, 0.29) is 5.82 Å². The van der Waals surface area contributed by atoms with Gasteiger partial charge in [0.25, 0.3) is 0 Å². The molecular weight excluding hydrogens is 357 g/mol. The highest BCUT2D eigenvalue weighted by Gasteiger charge is 2.10. The average molecular weight is 373 g/mol. The topological polar surface area (TPSA) is 21.3 Å². The van der Waals surface area contributed by atoms with Crippen molar-refractivity contribution in [2.75, 3.05) is 11.9 Å². The van der Waals surface area contributed by atoms with Gasteiger partial charge in [-0.1, -0.05) is 23.7 Å². The number of halogens is 3. The van der Waals surface area contributed by atoms with Crippen LogP contribution in [-0.4, -0.2) is 6.61 Å². The zero-order valence-corrected chi connectivity index (χ0v) is 14.2. The summed E-state index contributed by atoms with van der Waals surface area (Å²) < 4.78 is 20.0. The van der Waals surface area contributed by atoms with Crippen LogP contribution in [0.15, 0.2) is 34.8 Å². The van der Waals surface area contributed by atoms with E-state index in [2.05, 4.69) is 21.2 Å². The highest BCUT2D eigenvalue weighted by atomic mass is 79.9. The van der Waals surface area contributed by atoms with Crippen LogP contribution in [0, 0.1) is 12.7 Å². The minimum absolute atomic E-state index is 0.202. The normalized spacial score (nSPS) is 10.5. The number of hydrogen-bond acceptors (Lipinski definition) is 2. The van der Waals surface area contributed by atoms with Gasteiger partial charge in [0.05, 0.1) is 16.8 Å². The Morgan fingerprint density at radius 1 is 1.29 bits per heavy atom. The summed E-state index contributed by atoms with van der Waals surface area (Å²) in [5.41, 5.74) is 2.27. The fourth-order valence-electron chi connectivity index (χ4n) is 1.93. The van der Waals surface area contributed by atoms with Crippen molar-refractivity contribution >= 4 is 33.2 Å². The summed E-state index contributed by atoms with van der Waals surface area (Å²) in [5.74, 6) is 0.501. The number of anilines is 1. The van der Waals surface area contributed by atoms with Crippen molar-refractivity contribution in [2.45, 2.75) is 20.4 Å². The fourth-order valence-corrected chi connectivity index (χ4v) is 2.85. The summed E-state index contributed by atoms with van der Waals surface area (Å²) in [6, 6.07) is 8.77. The predicted molar refractivity (Wildman–Crippen MR) is 88.8 cm³/mol. The van der Waals surface area contributed by atoms with Crippen LogP contribution >= 0.6 is 27.5 Å². The molecule has 0 amide bonds. The first-order valence-corrected chi connectivity index (χ1v) is 7.79. The van der Waals surface area contributed by atoms with Crippen molar-refractivity contribution in [3.8, 4) is 5.75 Å². The van der Waals surface area contributed by atoms with E-state index in [4.69, 9.17) is 16.3 Å². The van der Waals surface area contributed by atoms with E-state index in [1.54, 1.807) is 25.1 Å². The van der Waals surface area contributed by atoms with E-state index in [0.29, 0.717) is 29.5 Å². The number of benzene rings is 2. The van der Waals surface area contributed by atoms with Gasteiger partial charge in [-0.25, -0.2) is 4.39 Å². The predicted octanol–water partition coefficient (Wildman–Crippen LogP) is 5.56. The Hall–Kier alpha value is -1.26. The van der Waals surface area contributed by atoms with E-state index >= 15 is 0 Å². The van der Waals surface area contributed by atoms with Crippen molar-refractivity contribution in [2.24, 2.45) is 0 Å². The third kappa shape index (κ3) is 4.11. The lowest BCUT2D eigenvalue weighted by Gasteiger charge is -2.15. The minimum Gasteiger partial charge on any atom is -0.491 e. The lowest BCUT2D eigenvalue weighted by atomic mass is 10.1. The molecule has 112 valence electrons. The number of aryl methyl sites for hydroxylation is 1. The van der Waals surface area contributed by atoms with E-state index < -0.39 is 0 Å². The molecular formula is C16H16BrClFNO. The molecule has 0 aromatic heterocycles. The summed E-state index contributed by atoms with van der Waals surface area (Å²) in [5, 5.41) is 3.84. The lowest BCUT2D eigenvalue weighted by Crippen LogP contribution is -2.04. The molecule has 2 aromatic rings. The van der Waals surface area contributed by atoms with Crippen LogP contribution in [0.25, 0.3) is 0 Å². The van der Waals surface area contributed by atoms with Gasteiger partial charge in [0.2, 0.25) is 0 Å². The van der Waals surface area contributed by atoms with Crippen molar-refractivity contribution in [1.82, 2.24) is 0 Å². The Bertz CT molecular complexity index is 648. The third-order valence-electron chi connectivity index (χ3n) is 3.02. The Morgan fingerprint density at radius 2 is 2.05 bits per heavy atom. The standard InChI is InChI=1S/C16H16BrClFNO/c1-3-21-16-13(17)7-12(18)8-15(16)20-9-11-5-4-10(2)14(19)6-11/h4-8,20H,3,9H2,1-2H3. The van der Waals surface area contributed by atoms with Gasteiger partial charge >= 0.3 is 0 Å². The first kappa shape index (κ1) is 16.1. The average Bonchev–Trinajstić information content (AvgIpc) is 2.43. The van der Waals surface area contributed by atoms with Gasteiger partial charge in [0, 0.05) is 11.6 Å². The fraction of sp³-hybridized carbons (Fsp3) is 0.250. The maximum absolute atomic E-state index is 13.6. The summed E-state index contributed by atoms with van der Waals surface area (Å²) in [6.45, 7) is 4.70. The van der Waals surface area contributed by atoms with Crippen LogP contribution in [0.1, 0.15) is 18.1 Å². The van der Waals surface area contributed by atoms with Crippen LogP contribution in [0.2, 0.25) is 5.02 Å². The molecule has 0 spiro atoms. The molecule has 0 unspecified atom stereocenters. The first-order chi connectivity index (χ1) is 10.0. The molecule has 0 bridgehead atoms. The molecule has 0 saturated carbocycles. The molecule has 0 atom stereocenters. The highest BCUT2D eigenvalue weighted by Crippen LogP contribution is 2.36. The molecule has 0 aliphatic carbocycles. The Kier molecular flexibility index (Phi) is 5.48. The summed E-state index contributed by atoms with van der Waals surface area (Å²) >= 11 is 9.50. The van der Waals surface area contributed by atoms with Crippen LogP contribution in [-0.2, 0) is 6.54 Å². The molecule has 21 heavy (non-hydrogen) atoms. The van der Waals surface area contributed by atoms with Gasteiger partial charge in [0.1, 0.15) is 5.82 Å². The van der Waals surface area contributed by atoms with E-state index in [1.165, 1.54) is 6.07 Å². The van der Waals surface area contributed by atoms with Crippen molar-refractivity contribution < 1.29 is 9.13 Å². The van der Waals surface area contributed by atoms with E-state index in [9.17, 15) is 4.39 Å². The molecule has 2 aromatic carbocycles. The monoisotopic (exact) mass is 371 g/mol. The second-order valence-electron chi connectivity index (χ2n) is 4.63. The van der Waals surface area contributed by atoms with Crippen molar-refractivity contribution in [3.63, 3.8) is 0 Å². The molecule has 0 radical (unpaired) electrons.